The lowest BCUT2D eigenvalue weighted by molar-refractivity contribution is 0.0774. The number of benzene rings is 1. The highest BCUT2D eigenvalue weighted by Gasteiger charge is 2.24. The van der Waals surface area contributed by atoms with Crippen molar-refractivity contribution in [2.75, 3.05) is 13.2 Å². The van der Waals surface area contributed by atoms with Crippen molar-refractivity contribution in [3.05, 3.63) is 46.4 Å². The van der Waals surface area contributed by atoms with E-state index in [1.807, 2.05) is 10.8 Å². The van der Waals surface area contributed by atoms with Crippen LogP contribution in [0.15, 0.2) is 35.1 Å². The van der Waals surface area contributed by atoms with E-state index >= 15 is 0 Å². The van der Waals surface area contributed by atoms with Crippen LogP contribution in [0.3, 0.4) is 0 Å². The molecule has 0 aromatic heterocycles. The zero-order chi connectivity index (χ0) is 19.0. The fraction of sp³-hybridized carbons (Fsp3) is 0.381. The van der Waals surface area contributed by atoms with E-state index in [1.165, 1.54) is 27.5 Å². The summed E-state index contributed by atoms with van der Waals surface area (Å²) in [6.07, 6.45) is 4.98. The molecule has 2 heterocycles. The predicted octanol–water partition coefficient (Wildman–Crippen LogP) is 5.72. The van der Waals surface area contributed by atoms with Crippen LogP contribution < -0.4 is 0 Å². The van der Waals surface area contributed by atoms with Gasteiger partial charge in [-0.1, -0.05) is 43.9 Å². The van der Waals surface area contributed by atoms with Gasteiger partial charge in [-0.25, -0.2) is 4.68 Å². The zero-order valence-electron chi connectivity index (χ0n) is 16.1. The number of ether oxygens (including phenoxy) is 2. The molecule has 4 rings (SSSR count). The number of hydrogen-bond donors (Lipinski definition) is 0. The summed E-state index contributed by atoms with van der Waals surface area (Å²) in [6.45, 7) is 9.01. The average molecular weight is 445 g/mol. The molecule has 4 nitrogen and oxygen atoms in total. The zero-order valence-corrected chi connectivity index (χ0v) is 18.7. The predicted molar refractivity (Wildman–Crippen MR) is 117 cm³/mol. The summed E-state index contributed by atoms with van der Waals surface area (Å²) in [5.41, 5.74) is 4.72. The van der Waals surface area contributed by atoms with Crippen molar-refractivity contribution in [2.45, 2.75) is 38.8 Å². The Hall–Kier alpha value is -1.63. The second-order valence-electron chi connectivity index (χ2n) is 8.26. The molecular formula is C21H25BrN2O2Si. The molecule has 0 atom stereocenters. The van der Waals surface area contributed by atoms with Gasteiger partial charge in [-0.05, 0) is 38.3 Å². The van der Waals surface area contributed by atoms with Gasteiger partial charge in [0.2, 0.25) is 0 Å². The van der Waals surface area contributed by atoms with Crippen molar-refractivity contribution >= 4 is 40.9 Å². The molecule has 2 aliphatic heterocycles. The first kappa shape index (κ1) is 18.7. The van der Waals surface area contributed by atoms with Crippen LogP contribution in [0.2, 0.25) is 25.7 Å². The van der Waals surface area contributed by atoms with Crippen molar-refractivity contribution in [1.82, 2.24) is 9.78 Å². The molecule has 0 saturated carbocycles. The Labute approximate surface area is 169 Å². The monoisotopic (exact) mass is 444 g/mol. The van der Waals surface area contributed by atoms with E-state index < -0.39 is 8.07 Å². The smallest absolute Gasteiger partial charge is 0.164 e. The largest absolute Gasteiger partial charge is 0.486 e. The van der Waals surface area contributed by atoms with Crippen LogP contribution >= 0.6 is 15.9 Å². The Kier molecular flexibility index (Phi) is 5.14. The molecule has 3 aliphatic rings. The maximum atomic E-state index is 5.94. The Morgan fingerprint density at radius 1 is 1.22 bits per heavy atom. The van der Waals surface area contributed by atoms with Crippen LogP contribution in [0, 0.1) is 0 Å². The molecule has 1 aromatic rings. The first-order chi connectivity index (χ1) is 12.9. The molecule has 0 fully saturated rings. The highest BCUT2D eigenvalue weighted by atomic mass is 79.9. The Morgan fingerprint density at radius 2 is 2.00 bits per heavy atom. The quantitative estimate of drug-likeness (QED) is 0.372. The average Bonchev–Trinajstić information content (AvgIpc) is 2.91. The van der Waals surface area contributed by atoms with Gasteiger partial charge >= 0.3 is 0 Å². The summed E-state index contributed by atoms with van der Waals surface area (Å²) in [5, 5.41) is 7.40. The lowest BCUT2D eigenvalue weighted by Crippen LogP contribution is -2.22. The fourth-order valence-electron chi connectivity index (χ4n) is 3.57. The fourth-order valence-corrected chi connectivity index (χ4v) is 4.70. The molecule has 27 heavy (non-hydrogen) atoms. The number of halogens is 1. The van der Waals surface area contributed by atoms with Crippen molar-refractivity contribution in [2.24, 2.45) is 0 Å². The molecular weight excluding hydrogens is 420 g/mol. The number of nitrogens with zero attached hydrogens (tertiary/aromatic N) is 2. The number of aromatic nitrogens is 2. The molecule has 6 heteroatoms. The molecule has 0 radical (unpaired) electrons. The van der Waals surface area contributed by atoms with Gasteiger partial charge in [-0.2, -0.15) is 5.10 Å². The van der Waals surface area contributed by atoms with E-state index in [1.54, 1.807) is 0 Å². The Bertz CT molecular complexity index is 974. The van der Waals surface area contributed by atoms with Crippen LogP contribution in [0.4, 0.5) is 0 Å². The minimum atomic E-state index is -1.09. The molecule has 1 aliphatic carbocycles. The summed E-state index contributed by atoms with van der Waals surface area (Å²) in [4.78, 5) is 0. The molecule has 0 saturated heterocycles. The molecule has 1 aromatic carbocycles. The number of rotatable bonds is 5. The van der Waals surface area contributed by atoms with Gasteiger partial charge in [0.15, 0.2) is 4.67 Å². The minimum Gasteiger partial charge on any atom is -0.486 e. The van der Waals surface area contributed by atoms with Crippen LogP contribution in [-0.4, -0.2) is 31.1 Å². The molecule has 0 amide bonds. The standard InChI is InChI=1S/C21H25BrN2O2Si/c1-27(2,3)11-10-25-14-24-13-18-16-7-5-4-6-15(16)17-8-9-26-20(22)12-19(23-24)21(17)18/h4-7,12-13H,8-11,14H2,1-3H3. The van der Waals surface area contributed by atoms with Gasteiger partial charge in [-0.3, -0.25) is 0 Å². The van der Waals surface area contributed by atoms with Crippen LogP contribution in [0.25, 0.3) is 28.0 Å². The summed E-state index contributed by atoms with van der Waals surface area (Å²) >= 11 is 3.51. The SMILES string of the molecule is C[Si](C)(C)CCOCn1cc2c3ccccc3c3c-2c(n1)C=C(Br)OCC3. The molecule has 0 N–H and O–H groups in total. The van der Waals surface area contributed by atoms with Gasteiger partial charge in [0.1, 0.15) is 6.73 Å². The van der Waals surface area contributed by atoms with Gasteiger partial charge in [0.25, 0.3) is 0 Å². The second kappa shape index (κ2) is 7.41. The third-order valence-corrected chi connectivity index (χ3v) is 7.11. The molecule has 142 valence electrons. The minimum absolute atomic E-state index is 0.467. The third-order valence-electron chi connectivity index (χ3n) is 4.95. The summed E-state index contributed by atoms with van der Waals surface area (Å²) in [6, 6.07) is 9.75. The van der Waals surface area contributed by atoms with Crippen molar-refractivity contribution in [1.29, 1.82) is 0 Å². The van der Waals surface area contributed by atoms with Gasteiger partial charge in [-0.15, -0.1) is 0 Å². The topological polar surface area (TPSA) is 36.3 Å². The van der Waals surface area contributed by atoms with Crippen LogP contribution in [-0.2, 0) is 22.6 Å². The normalized spacial score (nSPS) is 14.7. The second-order valence-corrected chi connectivity index (χ2v) is 14.7. The summed E-state index contributed by atoms with van der Waals surface area (Å²) < 4.78 is 14.3. The number of hydrogen-bond acceptors (Lipinski definition) is 3. The first-order valence-corrected chi connectivity index (χ1v) is 13.9. The van der Waals surface area contributed by atoms with E-state index in [0.717, 1.165) is 29.4 Å². The highest BCUT2D eigenvalue weighted by molar-refractivity contribution is 9.11. The summed E-state index contributed by atoms with van der Waals surface area (Å²) in [5.74, 6) is 0. The van der Waals surface area contributed by atoms with E-state index in [0.29, 0.717) is 13.3 Å². The van der Waals surface area contributed by atoms with Gasteiger partial charge < -0.3 is 9.47 Å². The molecule has 0 unspecified atom stereocenters. The maximum Gasteiger partial charge on any atom is 0.164 e. The molecule has 0 spiro atoms. The van der Waals surface area contributed by atoms with Crippen molar-refractivity contribution in [3.63, 3.8) is 0 Å². The van der Waals surface area contributed by atoms with E-state index in [2.05, 4.69) is 66.0 Å². The van der Waals surface area contributed by atoms with E-state index in [9.17, 15) is 0 Å². The maximum absolute atomic E-state index is 5.94. The van der Waals surface area contributed by atoms with Gasteiger partial charge in [0, 0.05) is 44.5 Å². The van der Waals surface area contributed by atoms with Crippen molar-refractivity contribution in [3.8, 4) is 11.1 Å². The van der Waals surface area contributed by atoms with Crippen LogP contribution in [0.5, 0.6) is 0 Å². The van der Waals surface area contributed by atoms with Crippen molar-refractivity contribution < 1.29 is 9.47 Å². The van der Waals surface area contributed by atoms with Crippen LogP contribution in [0.1, 0.15) is 11.3 Å². The highest BCUT2D eigenvalue weighted by Crippen LogP contribution is 2.42. The third kappa shape index (κ3) is 3.98. The lowest BCUT2D eigenvalue weighted by atomic mass is 10.0. The Morgan fingerprint density at radius 3 is 2.78 bits per heavy atom. The van der Waals surface area contributed by atoms with Gasteiger partial charge in [0.05, 0.1) is 12.3 Å². The van der Waals surface area contributed by atoms with E-state index in [4.69, 9.17) is 14.6 Å². The molecule has 0 bridgehead atoms. The Balaban J connectivity index is 1.76. The van der Waals surface area contributed by atoms with E-state index in [-0.39, 0.29) is 0 Å². The lowest BCUT2D eigenvalue weighted by Gasteiger charge is -2.18. The summed E-state index contributed by atoms with van der Waals surface area (Å²) in [7, 11) is -1.09. The first-order valence-electron chi connectivity index (χ1n) is 9.41. The number of fused-ring (bicyclic) bond motifs is 3.